The highest BCUT2D eigenvalue weighted by molar-refractivity contribution is 8.00. The molecule has 12 heteroatoms. The van der Waals surface area contributed by atoms with Gasteiger partial charge < -0.3 is 10.6 Å². The minimum absolute atomic E-state index is 0.0808. The van der Waals surface area contributed by atoms with Crippen molar-refractivity contribution in [1.29, 1.82) is 0 Å². The number of nitro groups is 1. The average Bonchev–Trinajstić information content (AvgIpc) is 2.93. The molecule has 0 aliphatic heterocycles. The first-order valence-corrected chi connectivity index (χ1v) is 12.8. The number of carbonyl (C=O) groups excluding carboxylic acids is 2. The lowest BCUT2D eigenvalue weighted by Crippen LogP contribution is -2.21. The molecular formula is C28H19ClF3N3O4S. The van der Waals surface area contributed by atoms with Crippen molar-refractivity contribution >= 4 is 52.2 Å². The minimum atomic E-state index is -4.74. The molecule has 0 heterocycles. The van der Waals surface area contributed by atoms with E-state index < -0.39 is 39.4 Å². The fraction of sp³-hybridized carbons (Fsp3) is 0.0714. The van der Waals surface area contributed by atoms with Gasteiger partial charge in [-0.25, -0.2) is 0 Å². The number of amides is 2. The number of benzene rings is 4. The quantitative estimate of drug-likeness (QED) is 0.124. The molecule has 0 spiro atoms. The summed E-state index contributed by atoms with van der Waals surface area (Å²) in [5, 5.41) is 15.0. The predicted octanol–water partition coefficient (Wildman–Crippen LogP) is 7.99. The van der Waals surface area contributed by atoms with E-state index in [9.17, 15) is 32.9 Å². The van der Waals surface area contributed by atoms with E-state index in [1.54, 1.807) is 54.6 Å². The van der Waals surface area contributed by atoms with E-state index in [-0.39, 0.29) is 16.3 Å². The van der Waals surface area contributed by atoms with Gasteiger partial charge in [0.1, 0.15) is 5.25 Å². The van der Waals surface area contributed by atoms with Crippen molar-refractivity contribution in [3.8, 4) is 0 Å². The highest BCUT2D eigenvalue weighted by atomic mass is 35.5. The van der Waals surface area contributed by atoms with Crippen LogP contribution in [0.25, 0.3) is 0 Å². The van der Waals surface area contributed by atoms with Gasteiger partial charge in [0.15, 0.2) is 0 Å². The number of nitrogens with zero attached hydrogens (tertiary/aromatic N) is 1. The SMILES string of the molecule is O=C(Nc1cccc(SC(C(=O)Nc2ccc(Cl)cc2C(F)(F)F)c2ccccc2)c1)c1cccc([N+](=O)[O-])c1. The van der Waals surface area contributed by atoms with E-state index in [0.29, 0.717) is 16.1 Å². The van der Waals surface area contributed by atoms with Crippen molar-refractivity contribution in [2.24, 2.45) is 0 Å². The van der Waals surface area contributed by atoms with Crippen molar-refractivity contribution in [1.82, 2.24) is 0 Å². The van der Waals surface area contributed by atoms with Gasteiger partial charge in [0, 0.05) is 33.3 Å². The van der Waals surface area contributed by atoms with Crippen LogP contribution in [0.15, 0.2) is 102 Å². The van der Waals surface area contributed by atoms with E-state index in [4.69, 9.17) is 11.6 Å². The number of anilines is 2. The van der Waals surface area contributed by atoms with Crippen LogP contribution >= 0.6 is 23.4 Å². The van der Waals surface area contributed by atoms with Crippen LogP contribution in [0.5, 0.6) is 0 Å². The molecule has 0 saturated heterocycles. The molecule has 4 rings (SSSR count). The number of thioether (sulfide) groups is 1. The minimum Gasteiger partial charge on any atom is -0.324 e. The van der Waals surface area contributed by atoms with Crippen LogP contribution in [-0.2, 0) is 11.0 Å². The summed E-state index contributed by atoms with van der Waals surface area (Å²) in [4.78, 5) is 37.0. The maximum Gasteiger partial charge on any atom is 0.418 e. The molecule has 1 atom stereocenters. The van der Waals surface area contributed by atoms with Crippen LogP contribution in [0.1, 0.15) is 26.7 Å². The summed E-state index contributed by atoms with van der Waals surface area (Å²) in [7, 11) is 0. The van der Waals surface area contributed by atoms with Crippen LogP contribution < -0.4 is 10.6 Å². The Balaban J connectivity index is 1.58. The Bertz CT molecular complexity index is 1570. The molecule has 204 valence electrons. The molecule has 1 unspecified atom stereocenters. The summed E-state index contributed by atoms with van der Waals surface area (Å²) >= 11 is 6.83. The van der Waals surface area contributed by atoms with Gasteiger partial charge in [-0.05, 0) is 48.0 Å². The van der Waals surface area contributed by atoms with E-state index in [0.717, 1.165) is 30.0 Å². The number of halogens is 4. The first-order chi connectivity index (χ1) is 19.0. The Kier molecular flexibility index (Phi) is 8.76. The van der Waals surface area contributed by atoms with Gasteiger partial charge in [-0.3, -0.25) is 19.7 Å². The monoisotopic (exact) mass is 585 g/mol. The summed E-state index contributed by atoms with van der Waals surface area (Å²) in [5.74, 6) is -1.28. The van der Waals surface area contributed by atoms with Gasteiger partial charge in [-0.15, -0.1) is 11.8 Å². The van der Waals surface area contributed by atoms with Crippen LogP contribution in [0, 0.1) is 10.1 Å². The standard InChI is InChI=1S/C28H19ClF3N3O4S/c29-19-12-13-24(23(15-19)28(30,31)32)34-27(37)25(17-6-2-1-3-7-17)40-22-11-5-9-20(16-22)33-26(36)18-8-4-10-21(14-18)35(38)39/h1-16,25H,(H,33,36)(H,34,37). The summed E-state index contributed by atoms with van der Waals surface area (Å²) in [6.45, 7) is 0. The third-order valence-electron chi connectivity index (χ3n) is 5.55. The molecule has 4 aromatic rings. The zero-order chi connectivity index (χ0) is 28.9. The number of alkyl halides is 3. The molecule has 2 N–H and O–H groups in total. The largest absolute Gasteiger partial charge is 0.418 e. The summed E-state index contributed by atoms with van der Waals surface area (Å²) in [6.07, 6.45) is -4.74. The second-order valence-electron chi connectivity index (χ2n) is 8.37. The smallest absolute Gasteiger partial charge is 0.324 e. The Morgan fingerprint density at radius 3 is 2.30 bits per heavy atom. The van der Waals surface area contributed by atoms with E-state index >= 15 is 0 Å². The first-order valence-electron chi connectivity index (χ1n) is 11.6. The molecule has 0 radical (unpaired) electrons. The maximum absolute atomic E-state index is 13.6. The number of nitrogens with one attached hydrogen (secondary N) is 2. The first kappa shape index (κ1) is 28.7. The summed E-state index contributed by atoms with van der Waals surface area (Å²) in [5.41, 5.74) is -0.762. The molecule has 0 aliphatic rings. The van der Waals surface area contributed by atoms with Gasteiger partial charge in [-0.1, -0.05) is 54.1 Å². The Labute approximate surface area is 235 Å². The molecular weight excluding hydrogens is 567 g/mol. The van der Waals surface area contributed by atoms with Gasteiger partial charge >= 0.3 is 6.18 Å². The number of non-ortho nitro benzene ring substituents is 1. The number of hydrogen-bond donors (Lipinski definition) is 2. The van der Waals surface area contributed by atoms with E-state index in [1.165, 1.54) is 24.3 Å². The Morgan fingerprint density at radius 2 is 1.60 bits per heavy atom. The maximum atomic E-state index is 13.6. The number of rotatable bonds is 8. The predicted molar refractivity (Wildman–Crippen MR) is 148 cm³/mol. The van der Waals surface area contributed by atoms with Crippen molar-refractivity contribution in [2.45, 2.75) is 16.3 Å². The lowest BCUT2D eigenvalue weighted by Gasteiger charge is -2.20. The van der Waals surface area contributed by atoms with Crippen LogP contribution in [-0.4, -0.2) is 16.7 Å². The average molecular weight is 586 g/mol. The molecule has 0 bridgehead atoms. The molecule has 0 fully saturated rings. The van der Waals surface area contributed by atoms with E-state index in [2.05, 4.69) is 10.6 Å². The molecule has 4 aromatic carbocycles. The number of carbonyl (C=O) groups is 2. The molecule has 7 nitrogen and oxygen atoms in total. The highest BCUT2D eigenvalue weighted by Crippen LogP contribution is 2.40. The topological polar surface area (TPSA) is 101 Å². The third-order valence-corrected chi connectivity index (χ3v) is 7.03. The van der Waals surface area contributed by atoms with Gasteiger partial charge in [0.05, 0.1) is 16.2 Å². The van der Waals surface area contributed by atoms with Crippen molar-refractivity contribution in [3.63, 3.8) is 0 Å². The molecule has 0 saturated carbocycles. The van der Waals surface area contributed by atoms with Crippen LogP contribution in [0.4, 0.5) is 30.2 Å². The number of hydrogen-bond acceptors (Lipinski definition) is 5. The zero-order valence-corrected chi connectivity index (χ0v) is 21.9. The molecule has 0 aliphatic carbocycles. The second-order valence-corrected chi connectivity index (χ2v) is 9.99. The highest BCUT2D eigenvalue weighted by Gasteiger charge is 2.35. The van der Waals surface area contributed by atoms with Crippen LogP contribution in [0.3, 0.4) is 0 Å². The second kappa shape index (κ2) is 12.2. The van der Waals surface area contributed by atoms with Gasteiger partial charge in [0.2, 0.25) is 5.91 Å². The molecule has 40 heavy (non-hydrogen) atoms. The summed E-state index contributed by atoms with van der Waals surface area (Å²) < 4.78 is 40.8. The van der Waals surface area contributed by atoms with Crippen molar-refractivity contribution < 1.29 is 27.7 Å². The van der Waals surface area contributed by atoms with Gasteiger partial charge in [-0.2, -0.15) is 13.2 Å². The Hall–Kier alpha value is -4.35. The lowest BCUT2D eigenvalue weighted by atomic mass is 10.1. The molecule has 0 aromatic heterocycles. The van der Waals surface area contributed by atoms with Crippen LogP contribution in [0.2, 0.25) is 5.02 Å². The van der Waals surface area contributed by atoms with Crippen molar-refractivity contribution in [3.05, 3.63) is 129 Å². The lowest BCUT2D eigenvalue weighted by molar-refractivity contribution is -0.384. The third kappa shape index (κ3) is 7.19. The number of nitro benzene ring substituents is 1. The fourth-order valence-corrected chi connectivity index (χ4v) is 4.96. The van der Waals surface area contributed by atoms with Crippen molar-refractivity contribution in [2.75, 3.05) is 10.6 Å². The normalized spacial score (nSPS) is 11.9. The Morgan fingerprint density at radius 1 is 0.875 bits per heavy atom. The fourth-order valence-electron chi connectivity index (χ4n) is 3.71. The molecule has 2 amide bonds. The zero-order valence-electron chi connectivity index (χ0n) is 20.3. The van der Waals surface area contributed by atoms with E-state index in [1.807, 2.05) is 0 Å². The summed E-state index contributed by atoms with van der Waals surface area (Å²) in [6, 6.07) is 23.4. The van der Waals surface area contributed by atoms with Gasteiger partial charge in [0.25, 0.3) is 11.6 Å².